The highest BCUT2D eigenvalue weighted by Crippen LogP contribution is 2.26. The number of imidazole rings is 1. The number of aliphatic carboxylic acids is 1. The number of sulfone groups is 1. The Bertz CT molecular complexity index is 781. The molecular formula is C13H16N2O4S2. The summed E-state index contributed by atoms with van der Waals surface area (Å²) in [5, 5.41) is 9.33. The van der Waals surface area contributed by atoms with Gasteiger partial charge in [-0.05, 0) is 18.6 Å². The van der Waals surface area contributed by atoms with Crippen LogP contribution in [0.2, 0.25) is 0 Å². The lowest BCUT2D eigenvalue weighted by atomic mass is 10.2. The van der Waals surface area contributed by atoms with Gasteiger partial charge in [0.2, 0.25) is 0 Å². The van der Waals surface area contributed by atoms with E-state index in [-0.39, 0.29) is 18.1 Å². The lowest BCUT2D eigenvalue weighted by Crippen LogP contribution is -2.12. The molecule has 0 radical (unpaired) electrons. The normalized spacial score (nSPS) is 11.9. The Morgan fingerprint density at radius 1 is 1.43 bits per heavy atom. The number of carboxylic acids is 1. The second-order valence-corrected chi connectivity index (χ2v) is 8.00. The summed E-state index contributed by atoms with van der Waals surface area (Å²) in [5.41, 5.74) is 2.58. The molecule has 21 heavy (non-hydrogen) atoms. The van der Waals surface area contributed by atoms with E-state index in [0.717, 1.165) is 28.4 Å². The van der Waals surface area contributed by atoms with Crippen molar-refractivity contribution in [1.29, 1.82) is 0 Å². The van der Waals surface area contributed by atoms with E-state index in [1.807, 2.05) is 25.1 Å². The monoisotopic (exact) mass is 328 g/mol. The zero-order valence-electron chi connectivity index (χ0n) is 11.7. The lowest BCUT2D eigenvalue weighted by molar-refractivity contribution is -0.133. The van der Waals surface area contributed by atoms with Gasteiger partial charge in [-0.2, -0.15) is 0 Å². The molecule has 0 aliphatic carbocycles. The highest BCUT2D eigenvalue weighted by Gasteiger charge is 2.15. The molecule has 0 aliphatic heterocycles. The lowest BCUT2D eigenvalue weighted by Gasteiger charge is -2.08. The average molecular weight is 328 g/mol. The maximum atomic E-state index is 11.4. The number of para-hydroxylation sites is 1. The van der Waals surface area contributed by atoms with Crippen molar-refractivity contribution in [1.82, 2.24) is 9.55 Å². The Kier molecular flexibility index (Phi) is 4.58. The summed E-state index contributed by atoms with van der Waals surface area (Å²) in [5.74, 6) is -1.05. The number of carboxylic acid groups (broad SMARTS) is 1. The van der Waals surface area contributed by atoms with Crippen LogP contribution in [-0.2, 0) is 21.2 Å². The molecule has 2 rings (SSSR count). The van der Waals surface area contributed by atoms with Crippen molar-refractivity contribution < 1.29 is 18.3 Å². The smallest absolute Gasteiger partial charge is 0.313 e. The number of rotatable bonds is 6. The minimum absolute atomic E-state index is 0.00652. The fourth-order valence-corrected chi connectivity index (χ4v) is 3.31. The molecule has 1 aromatic carbocycles. The molecule has 0 bridgehead atoms. The van der Waals surface area contributed by atoms with Crippen LogP contribution in [0, 0.1) is 6.92 Å². The quantitative estimate of drug-likeness (QED) is 0.810. The fraction of sp³-hybridized carbons (Fsp3) is 0.385. The first-order valence-electron chi connectivity index (χ1n) is 6.26. The number of carbonyl (C=O) groups is 1. The van der Waals surface area contributed by atoms with Gasteiger partial charge in [0.05, 0.1) is 22.5 Å². The highest BCUT2D eigenvalue weighted by atomic mass is 32.2. The largest absolute Gasteiger partial charge is 0.481 e. The van der Waals surface area contributed by atoms with Crippen LogP contribution in [0.25, 0.3) is 11.0 Å². The van der Waals surface area contributed by atoms with Crippen molar-refractivity contribution in [3.63, 3.8) is 0 Å². The van der Waals surface area contributed by atoms with Gasteiger partial charge in [-0.15, -0.1) is 0 Å². The Hall–Kier alpha value is -1.54. The van der Waals surface area contributed by atoms with Crippen LogP contribution in [0.1, 0.15) is 5.56 Å². The first kappa shape index (κ1) is 15.8. The molecule has 0 unspecified atom stereocenters. The number of aromatic nitrogens is 2. The van der Waals surface area contributed by atoms with Gasteiger partial charge >= 0.3 is 5.97 Å². The van der Waals surface area contributed by atoms with Gasteiger partial charge < -0.3 is 9.67 Å². The van der Waals surface area contributed by atoms with E-state index < -0.39 is 15.8 Å². The van der Waals surface area contributed by atoms with Gasteiger partial charge in [0.1, 0.15) is 9.84 Å². The number of hydrogen-bond donors (Lipinski definition) is 1. The van der Waals surface area contributed by atoms with Gasteiger partial charge in [0.15, 0.2) is 5.16 Å². The van der Waals surface area contributed by atoms with E-state index in [0.29, 0.717) is 5.16 Å². The summed E-state index contributed by atoms with van der Waals surface area (Å²) in [4.78, 5) is 15.1. The van der Waals surface area contributed by atoms with Gasteiger partial charge in [0, 0.05) is 12.8 Å². The second-order valence-electron chi connectivity index (χ2n) is 4.80. The zero-order chi connectivity index (χ0) is 15.6. The Balaban J connectivity index is 2.45. The number of hydrogen-bond acceptors (Lipinski definition) is 5. The van der Waals surface area contributed by atoms with Crippen LogP contribution in [0.4, 0.5) is 0 Å². The number of nitrogens with zero attached hydrogens (tertiary/aromatic N) is 2. The van der Waals surface area contributed by atoms with Crippen LogP contribution >= 0.6 is 11.8 Å². The van der Waals surface area contributed by atoms with Crippen molar-refractivity contribution in [2.45, 2.75) is 18.6 Å². The van der Waals surface area contributed by atoms with Gasteiger partial charge in [-0.1, -0.05) is 23.9 Å². The molecule has 2 aromatic rings. The first-order chi connectivity index (χ1) is 9.78. The van der Waals surface area contributed by atoms with E-state index >= 15 is 0 Å². The van der Waals surface area contributed by atoms with Crippen LogP contribution in [0.3, 0.4) is 0 Å². The molecule has 6 nitrogen and oxygen atoms in total. The third-order valence-electron chi connectivity index (χ3n) is 2.94. The molecule has 1 N–H and O–H groups in total. The SMILES string of the molecule is Cc1cccc2nc(SCC(=O)O)n(CCS(C)(=O)=O)c12. The average Bonchev–Trinajstić information content (AvgIpc) is 2.72. The molecule has 0 amide bonds. The van der Waals surface area contributed by atoms with Crippen molar-refractivity contribution in [2.24, 2.45) is 0 Å². The number of fused-ring (bicyclic) bond motifs is 1. The van der Waals surface area contributed by atoms with Crippen LogP contribution in [-0.4, -0.2) is 46.8 Å². The predicted octanol–water partition coefficient (Wildman–Crippen LogP) is 1.57. The summed E-state index contributed by atoms with van der Waals surface area (Å²) in [6.45, 7) is 2.19. The van der Waals surface area contributed by atoms with Crippen LogP contribution in [0.5, 0.6) is 0 Å². The molecule has 0 aliphatic rings. The third kappa shape index (κ3) is 3.98. The summed E-state index contributed by atoms with van der Waals surface area (Å²) in [7, 11) is -3.10. The summed E-state index contributed by atoms with van der Waals surface area (Å²) < 4.78 is 24.6. The van der Waals surface area contributed by atoms with Crippen LogP contribution in [0.15, 0.2) is 23.4 Å². The summed E-state index contributed by atoms with van der Waals surface area (Å²) in [6.07, 6.45) is 1.18. The standard InChI is InChI=1S/C13H16N2O4S2/c1-9-4-3-5-10-12(9)15(6-7-21(2,18)19)13(14-10)20-8-11(16)17/h3-5H,6-8H2,1-2H3,(H,16,17). The molecule has 8 heteroatoms. The minimum Gasteiger partial charge on any atom is -0.481 e. The van der Waals surface area contributed by atoms with Gasteiger partial charge in [0.25, 0.3) is 0 Å². The third-order valence-corrected chi connectivity index (χ3v) is 4.83. The molecule has 0 saturated heterocycles. The number of benzene rings is 1. The van der Waals surface area contributed by atoms with E-state index in [4.69, 9.17) is 5.11 Å². The summed E-state index contributed by atoms with van der Waals surface area (Å²) >= 11 is 1.10. The number of aryl methyl sites for hydroxylation is 2. The molecule has 0 saturated carbocycles. The van der Waals surface area contributed by atoms with E-state index in [9.17, 15) is 13.2 Å². The van der Waals surface area contributed by atoms with Crippen molar-refractivity contribution in [3.8, 4) is 0 Å². The second kappa shape index (κ2) is 6.07. The molecule has 0 atom stereocenters. The Labute approximate surface area is 127 Å². The molecule has 114 valence electrons. The highest BCUT2D eigenvalue weighted by molar-refractivity contribution is 7.99. The van der Waals surface area contributed by atoms with E-state index in [2.05, 4.69) is 4.98 Å². The molecule has 1 aromatic heterocycles. The topological polar surface area (TPSA) is 89.3 Å². The Morgan fingerprint density at radius 3 is 2.76 bits per heavy atom. The maximum Gasteiger partial charge on any atom is 0.313 e. The fourth-order valence-electron chi connectivity index (χ4n) is 2.04. The van der Waals surface area contributed by atoms with E-state index in [1.165, 1.54) is 6.26 Å². The maximum absolute atomic E-state index is 11.4. The van der Waals surface area contributed by atoms with Gasteiger partial charge in [-0.25, -0.2) is 13.4 Å². The van der Waals surface area contributed by atoms with E-state index in [1.54, 1.807) is 4.57 Å². The number of thioether (sulfide) groups is 1. The Morgan fingerprint density at radius 2 is 2.14 bits per heavy atom. The van der Waals surface area contributed by atoms with Crippen molar-refractivity contribution in [2.75, 3.05) is 17.8 Å². The van der Waals surface area contributed by atoms with Crippen molar-refractivity contribution in [3.05, 3.63) is 23.8 Å². The van der Waals surface area contributed by atoms with Crippen LogP contribution < -0.4 is 0 Å². The minimum atomic E-state index is -3.10. The molecular weight excluding hydrogens is 312 g/mol. The molecule has 0 fully saturated rings. The molecule has 0 spiro atoms. The first-order valence-corrected chi connectivity index (χ1v) is 9.31. The predicted molar refractivity (Wildman–Crippen MR) is 82.5 cm³/mol. The van der Waals surface area contributed by atoms with Gasteiger partial charge in [-0.3, -0.25) is 4.79 Å². The molecule has 1 heterocycles. The summed E-state index contributed by atoms with van der Waals surface area (Å²) in [6, 6.07) is 5.63. The zero-order valence-corrected chi connectivity index (χ0v) is 13.4. The van der Waals surface area contributed by atoms with Crippen molar-refractivity contribution >= 4 is 38.6 Å².